The number of hydrogen-bond acceptors (Lipinski definition) is 1. The first kappa shape index (κ1) is 15.4. The molecule has 0 saturated carbocycles. The molecule has 0 bridgehead atoms. The molecule has 2 unspecified atom stereocenters. The molecule has 1 aromatic heterocycles. The molecule has 122 valence electrons. The maximum Gasteiger partial charge on any atom is 0.0749 e. The number of hydrogen-bond donors (Lipinski definition) is 0. The van der Waals surface area contributed by atoms with Gasteiger partial charge in [0.25, 0.3) is 0 Å². The van der Waals surface area contributed by atoms with Crippen LogP contribution in [0, 0.1) is 11.8 Å². The van der Waals surface area contributed by atoms with E-state index in [2.05, 4.69) is 76.3 Å². The van der Waals surface area contributed by atoms with E-state index in [9.17, 15) is 0 Å². The molecule has 2 aliphatic carbocycles. The maximum absolute atomic E-state index is 4.86. The van der Waals surface area contributed by atoms with Crippen LogP contribution in [0.2, 0.25) is 0 Å². The van der Waals surface area contributed by atoms with Crippen molar-refractivity contribution in [2.45, 2.75) is 39.5 Å². The molecule has 0 radical (unpaired) electrons. The summed E-state index contributed by atoms with van der Waals surface area (Å²) in [5.41, 5.74) is 5.57. The molecule has 1 nitrogen and oxygen atoms in total. The van der Waals surface area contributed by atoms with Gasteiger partial charge in [-0.1, -0.05) is 63.3 Å². The first-order chi connectivity index (χ1) is 11.6. The van der Waals surface area contributed by atoms with Crippen LogP contribution >= 0.6 is 0 Å². The normalized spacial score (nSPS) is 22.9. The van der Waals surface area contributed by atoms with E-state index >= 15 is 0 Å². The lowest BCUT2D eigenvalue weighted by molar-refractivity contribution is 0.511. The number of rotatable bonds is 2. The van der Waals surface area contributed by atoms with Crippen molar-refractivity contribution < 1.29 is 0 Å². The lowest BCUT2D eigenvalue weighted by Gasteiger charge is -2.40. The van der Waals surface area contributed by atoms with Gasteiger partial charge in [0.1, 0.15) is 0 Å². The minimum Gasteiger partial charge on any atom is -0.256 e. The average molecular weight is 315 g/mol. The van der Waals surface area contributed by atoms with Crippen LogP contribution < -0.4 is 0 Å². The Morgan fingerprint density at radius 1 is 1.25 bits per heavy atom. The molecule has 4 rings (SSSR count). The molecule has 0 spiro atoms. The topological polar surface area (TPSA) is 12.9 Å². The van der Waals surface area contributed by atoms with E-state index in [1.165, 1.54) is 33.2 Å². The molecule has 0 amide bonds. The molecule has 24 heavy (non-hydrogen) atoms. The Hall–Kier alpha value is -2.15. The van der Waals surface area contributed by atoms with Crippen LogP contribution in [0.3, 0.4) is 0 Å². The van der Waals surface area contributed by atoms with E-state index in [-0.39, 0.29) is 5.41 Å². The van der Waals surface area contributed by atoms with Gasteiger partial charge in [-0.05, 0) is 53.3 Å². The third-order valence-corrected chi connectivity index (χ3v) is 5.86. The lowest BCUT2D eigenvalue weighted by atomic mass is 9.63. The van der Waals surface area contributed by atoms with Gasteiger partial charge in [0.05, 0.1) is 5.69 Å². The quantitative estimate of drug-likeness (QED) is 0.613. The number of aromatic nitrogens is 1. The van der Waals surface area contributed by atoms with Gasteiger partial charge in [0, 0.05) is 17.0 Å². The molecule has 2 atom stereocenters. The summed E-state index contributed by atoms with van der Waals surface area (Å²) in [4.78, 5) is 4.86. The fraction of sp³-hybridized carbons (Fsp3) is 0.348. The third-order valence-electron chi connectivity index (χ3n) is 5.86. The Bertz CT molecular complexity index is 890. The third kappa shape index (κ3) is 2.04. The molecule has 0 N–H and O–H groups in total. The van der Waals surface area contributed by atoms with Crippen LogP contribution in [0.5, 0.6) is 0 Å². The van der Waals surface area contributed by atoms with E-state index in [0.29, 0.717) is 11.8 Å². The summed E-state index contributed by atoms with van der Waals surface area (Å²) in [6.45, 7) is 9.17. The smallest absolute Gasteiger partial charge is 0.0749 e. The highest BCUT2D eigenvalue weighted by Crippen LogP contribution is 2.51. The first-order valence-electron chi connectivity index (χ1n) is 8.98. The van der Waals surface area contributed by atoms with Crippen molar-refractivity contribution in [3.63, 3.8) is 0 Å². The summed E-state index contributed by atoms with van der Waals surface area (Å²) in [5.74, 6) is 1.02. The molecular weight excluding hydrogens is 290 g/mol. The molecule has 0 aliphatic heterocycles. The number of pyridine rings is 1. The van der Waals surface area contributed by atoms with E-state index < -0.39 is 0 Å². The summed E-state index contributed by atoms with van der Waals surface area (Å²) in [6.07, 6.45) is 12.3. The predicted molar refractivity (Wildman–Crippen MR) is 103 cm³/mol. The second kappa shape index (κ2) is 5.44. The zero-order valence-corrected chi connectivity index (χ0v) is 15.0. The molecule has 0 fully saturated rings. The minimum absolute atomic E-state index is 0.0235. The van der Waals surface area contributed by atoms with Gasteiger partial charge in [0.15, 0.2) is 0 Å². The molecular formula is C23H25N. The minimum atomic E-state index is 0.0235. The van der Waals surface area contributed by atoms with E-state index in [0.717, 1.165) is 6.42 Å². The van der Waals surface area contributed by atoms with Crippen LogP contribution in [-0.2, 0) is 5.41 Å². The number of fused-ring (bicyclic) bond motifs is 1. The van der Waals surface area contributed by atoms with Gasteiger partial charge in [-0.25, -0.2) is 0 Å². The van der Waals surface area contributed by atoms with Crippen molar-refractivity contribution >= 4 is 16.3 Å². The molecule has 0 saturated heterocycles. The molecule has 1 aromatic carbocycles. The average Bonchev–Trinajstić information content (AvgIpc) is 2.59. The van der Waals surface area contributed by atoms with Crippen LogP contribution in [0.15, 0.2) is 60.3 Å². The second-order valence-corrected chi connectivity index (χ2v) is 7.65. The predicted octanol–water partition coefficient (Wildman–Crippen LogP) is 6.07. The number of allylic oxidation sites excluding steroid dienone is 6. The fourth-order valence-corrected chi connectivity index (χ4v) is 4.60. The van der Waals surface area contributed by atoms with E-state index in [1.54, 1.807) is 0 Å². The monoisotopic (exact) mass is 315 g/mol. The van der Waals surface area contributed by atoms with Crippen LogP contribution in [-0.4, -0.2) is 4.98 Å². The van der Waals surface area contributed by atoms with Crippen LogP contribution in [0.25, 0.3) is 16.3 Å². The van der Waals surface area contributed by atoms with Crippen LogP contribution in [0.4, 0.5) is 0 Å². The maximum atomic E-state index is 4.86. The van der Waals surface area contributed by atoms with Gasteiger partial charge in [-0.3, -0.25) is 4.98 Å². The molecule has 2 aromatic rings. The van der Waals surface area contributed by atoms with Gasteiger partial charge >= 0.3 is 0 Å². The fourth-order valence-electron chi connectivity index (χ4n) is 4.60. The molecule has 1 heterocycles. The van der Waals surface area contributed by atoms with Crippen molar-refractivity contribution in [3.05, 3.63) is 71.6 Å². The van der Waals surface area contributed by atoms with Crippen molar-refractivity contribution in [1.82, 2.24) is 4.98 Å². The summed E-state index contributed by atoms with van der Waals surface area (Å²) in [5, 5.41) is 2.67. The number of nitrogens with zero attached hydrogens (tertiary/aromatic N) is 1. The highest BCUT2D eigenvalue weighted by molar-refractivity contribution is 6.00. The lowest BCUT2D eigenvalue weighted by Crippen LogP contribution is -2.30. The Morgan fingerprint density at radius 3 is 2.88 bits per heavy atom. The largest absolute Gasteiger partial charge is 0.256 e. The molecule has 2 aliphatic rings. The van der Waals surface area contributed by atoms with Crippen LogP contribution in [0.1, 0.15) is 45.4 Å². The Kier molecular flexibility index (Phi) is 3.49. The van der Waals surface area contributed by atoms with Crippen molar-refractivity contribution in [1.29, 1.82) is 0 Å². The second-order valence-electron chi connectivity index (χ2n) is 7.65. The molecule has 1 heteroatoms. The van der Waals surface area contributed by atoms with Gasteiger partial charge < -0.3 is 0 Å². The Balaban J connectivity index is 2.06. The SMILES string of the molecule is CC=CC(C)C1CC=CC2=C1c1nccc3cccc(c13)C2(C)C. The Labute approximate surface area is 144 Å². The summed E-state index contributed by atoms with van der Waals surface area (Å²) in [7, 11) is 0. The zero-order chi connectivity index (χ0) is 16.9. The highest BCUT2D eigenvalue weighted by atomic mass is 14.7. The van der Waals surface area contributed by atoms with Gasteiger partial charge in [-0.2, -0.15) is 0 Å². The summed E-state index contributed by atoms with van der Waals surface area (Å²) >= 11 is 0. The van der Waals surface area contributed by atoms with Gasteiger partial charge in [0.2, 0.25) is 0 Å². The summed E-state index contributed by atoms with van der Waals surface area (Å²) in [6, 6.07) is 8.83. The van der Waals surface area contributed by atoms with Crippen molar-refractivity contribution in [2.75, 3.05) is 0 Å². The Morgan fingerprint density at radius 2 is 2.08 bits per heavy atom. The number of benzene rings is 1. The zero-order valence-electron chi connectivity index (χ0n) is 15.0. The van der Waals surface area contributed by atoms with Crippen molar-refractivity contribution in [2.24, 2.45) is 11.8 Å². The first-order valence-corrected chi connectivity index (χ1v) is 8.98. The standard InChI is InChI=1S/C23H25N/c1-5-8-15(2)17-10-7-12-19-21(17)22-20-16(13-14-24-22)9-6-11-18(20)23(19,3)4/h5-9,11-15,17H,10H2,1-4H3. The van der Waals surface area contributed by atoms with E-state index in [1.807, 2.05) is 6.20 Å². The summed E-state index contributed by atoms with van der Waals surface area (Å²) < 4.78 is 0. The van der Waals surface area contributed by atoms with Crippen molar-refractivity contribution in [3.8, 4) is 0 Å². The van der Waals surface area contributed by atoms with E-state index in [4.69, 9.17) is 4.98 Å². The highest BCUT2D eigenvalue weighted by Gasteiger charge is 2.39. The van der Waals surface area contributed by atoms with Gasteiger partial charge in [-0.15, -0.1) is 0 Å².